The van der Waals surface area contributed by atoms with Gasteiger partial charge in [0, 0.05) is 5.56 Å². The van der Waals surface area contributed by atoms with Crippen molar-refractivity contribution in [2.24, 2.45) is 4.99 Å². The summed E-state index contributed by atoms with van der Waals surface area (Å²) in [6.07, 6.45) is -4.62. The van der Waals surface area contributed by atoms with Crippen molar-refractivity contribution >= 4 is 33.4 Å². The third kappa shape index (κ3) is 4.05. The summed E-state index contributed by atoms with van der Waals surface area (Å²) in [5, 5.41) is 9.05. The van der Waals surface area contributed by atoms with Gasteiger partial charge in [0.1, 0.15) is 12.4 Å². The van der Waals surface area contributed by atoms with Crippen molar-refractivity contribution in [3.05, 3.63) is 64.2 Å². The number of hydrogen-bond acceptors (Lipinski definition) is 3. The summed E-state index contributed by atoms with van der Waals surface area (Å²) in [7, 11) is 0. The van der Waals surface area contributed by atoms with E-state index in [1.165, 1.54) is 18.2 Å². The predicted molar refractivity (Wildman–Crippen MR) is 88.7 cm³/mol. The fourth-order valence-corrected chi connectivity index (χ4v) is 3.40. The molecule has 0 aliphatic heterocycles. The molecule has 3 aromatic rings. The quantitative estimate of drug-likeness (QED) is 0.684. The standard InChI is InChI=1S/C17H10F4N2O3S/c18-11-4-5-13-12(7-11)23(8-14(24)25)16(27-13)22-15(26)9-2-1-3-10(6-9)17(19,20)21/h1-7H,8H2,(H,24,25)/b22-16-. The van der Waals surface area contributed by atoms with Crippen LogP contribution in [-0.2, 0) is 17.5 Å². The molecule has 0 saturated carbocycles. The van der Waals surface area contributed by atoms with Gasteiger partial charge in [0.15, 0.2) is 4.80 Å². The van der Waals surface area contributed by atoms with Crippen molar-refractivity contribution in [2.75, 3.05) is 0 Å². The summed E-state index contributed by atoms with van der Waals surface area (Å²) in [4.78, 5) is 27.1. The van der Waals surface area contributed by atoms with Gasteiger partial charge in [0.05, 0.1) is 15.8 Å². The molecule has 0 aliphatic rings. The maximum absolute atomic E-state index is 13.5. The second kappa shape index (κ2) is 6.95. The van der Waals surface area contributed by atoms with Gasteiger partial charge < -0.3 is 9.67 Å². The Morgan fingerprint density at radius 1 is 1.15 bits per heavy atom. The minimum atomic E-state index is -4.62. The number of nitrogens with zero attached hydrogens (tertiary/aromatic N) is 2. The van der Waals surface area contributed by atoms with Crippen molar-refractivity contribution < 1.29 is 32.3 Å². The van der Waals surface area contributed by atoms with Crippen molar-refractivity contribution in [3.63, 3.8) is 0 Å². The summed E-state index contributed by atoms with van der Waals surface area (Å²) < 4.78 is 53.5. The second-order valence-electron chi connectivity index (χ2n) is 5.47. The number of fused-ring (bicyclic) bond motifs is 1. The van der Waals surface area contributed by atoms with E-state index in [0.717, 1.165) is 34.1 Å². The Kier molecular flexibility index (Phi) is 4.83. The van der Waals surface area contributed by atoms with Gasteiger partial charge in [-0.2, -0.15) is 18.2 Å². The molecule has 140 valence electrons. The van der Waals surface area contributed by atoms with E-state index < -0.39 is 36.0 Å². The molecule has 2 aromatic carbocycles. The molecule has 0 fully saturated rings. The highest BCUT2D eigenvalue weighted by molar-refractivity contribution is 7.16. The lowest BCUT2D eigenvalue weighted by atomic mass is 10.1. The van der Waals surface area contributed by atoms with Crippen molar-refractivity contribution in [3.8, 4) is 0 Å². The van der Waals surface area contributed by atoms with E-state index >= 15 is 0 Å². The molecule has 10 heteroatoms. The van der Waals surface area contributed by atoms with Crippen molar-refractivity contribution in [1.82, 2.24) is 4.57 Å². The SMILES string of the molecule is O=C(O)Cn1/c(=N/C(=O)c2cccc(C(F)(F)F)c2)sc2ccc(F)cc21. The summed E-state index contributed by atoms with van der Waals surface area (Å²) in [5.41, 5.74) is -1.08. The lowest BCUT2D eigenvalue weighted by Crippen LogP contribution is -2.21. The number of alkyl halides is 3. The van der Waals surface area contributed by atoms with Crippen molar-refractivity contribution in [2.45, 2.75) is 12.7 Å². The average molecular weight is 398 g/mol. The molecule has 0 bridgehead atoms. The molecule has 1 N–H and O–H groups in total. The van der Waals surface area contributed by atoms with Gasteiger partial charge in [0.2, 0.25) is 0 Å². The summed E-state index contributed by atoms with van der Waals surface area (Å²) in [6, 6.07) is 7.42. The van der Waals surface area contributed by atoms with Crippen LogP contribution in [0.3, 0.4) is 0 Å². The number of carboxylic acids is 1. The summed E-state index contributed by atoms with van der Waals surface area (Å²) in [5.74, 6) is -2.81. The van der Waals surface area contributed by atoms with Gasteiger partial charge >= 0.3 is 12.1 Å². The number of aromatic nitrogens is 1. The number of aliphatic carboxylic acids is 1. The molecular weight excluding hydrogens is 388 g/mol. The smallest absolute Gasteiger partial charge is 0.416 e. The van der Waals surface area contributed by atoms with Crippen LogP contribution in [0.2, 0.25) is 0 Å². The average Bonchev–Trinajstić information content (AvgIpc) is 2.90. The zero-order valence-electron chi connectivity index (χ0n) is 13.3. The summed E-state index contributed by atoms with van der Waals surface area (Å²) in [6.45, 7) is -0.585. The minimum Gasteiger partial charge on any atom is -0.480 e. The van der Waals surface area contributed by atoms with Crippen LogP contribution in [0.25, 0.3) is 10.2 Å². The Balaban J connectivity index is 2.12. The number of halogens is 4. The molecule has 0 radical (unpaired) electrons. The fourth-order valence-electron chi connectivity index (χ4n) is 2.40. The highest BCUT2D eigenvalue weighted by atomic mass is 32.1. The van der Waals surface area contributed by atoms with Crippen LogP contribution in [0.1, 0.15) is 15.9 Å². The minimum absolute atomic E-state index is 0.0552. The van der Waals surface area contributed by atoms with Gasteiger partial charge in [-0.3, -0.25) is 9.59 Å². The summed E-state index contributed by atoms with van der Waals surface area (Å²) >= 11 is 0.931. The van der Waals surface area contributed by atoms with Gasteiger partial charge in [-0.05, 0) is 36.4 Å². The number of carbonyl (C=O) groups is 2. The molecule has 1 amide bonds. The topological polar surface area (TPSA) is 71.7 Å². The molecule has 5 nitrogen and oxygen atoms in total. The lowest BCUT2D eigenvalue weighted by Gasteiger charge is -2.06. The Morgan fingerprint density at radius 2 is 1.89 bits per heavy atom. The molecule has 0 atom stereocenters. The van der Waals surface area contributed by atoms with Crippen LogP contribution < -0.4 is 4.80 Å². The van der Waals surface area contributed by atoms with Crippen LogP contribution in [-0.4, -0.2) is 21.6 Å². The van der Waals surface area contributed by atoms with E-state index in [1.807, 2.05) is 0 Å². The lowest BCUT2D eigenvalue weighted by molar-refractivity contribution is -0.138. The number of thiazole rings is 1. The second-order valence-corrected chi connectivity index (χ2v) is 6.48. The first-order valence-electron chi connectivity index (χ1n) is 7.42. The van der Waals surface area contributed by atoms with E-state index in [9.17, 15) is 27.2 Å². The predicted octanol–water partition coefficient (Wildman–Crippen LogP) is 3.69. The number of hydrogen-bond donors (Lipinski definition) is 1. The van der Waals surface area contributed by atoms with Crippen LogP contribution >= 0.6 is 11.3 Å². The van der Waals surface area contributed by atoms with Crippen LogP contribution in [0, 0.1) is 5.82 Å². The number of benzene rings is 2. The maximum Gasteiger partial charge on any atom is 0.416 e. The Bertz CT molecular complexity index is 1120. The first kappa shape index (κ1) is 18.8. The van der Waals surface area contributed by atoms with E-state index in [0.29, 0.717) is 10.8 Å². The molecule has 0 unspecified atom stereocenters. The van der Waals surface area contributed by atoms with E-state index in [-0.39, 0.29) is 15.9 Å². The third-order valence-electron chi connectivity index (χ3n) is 3.57. The molecule has 0 spiro atoms. The molecule has 3 rings (SSSR count). The van der Waals surface area contributed by atoms with Gasteiger partial charge in [0.25, 0.3) is 5.91 Å². The highest BCUT2D eigenvalue weighted by Crippen LogP contribution is 2.29. The zero-order chi connectivity index (χ0) is 19.8. The van der Waals surface area contributed by atoms with Crippen LogP contribution in [0.15, 0.2) is 47.5 Å². The Labute approximate surface area is 152 Å². The Hall–Kier alpha value is -3.01. The normalized spacial score (nSPS) is 12.5. The zero-order valence-corrected chi connectivity index (χ0v) is 14.1. The number of carboxylic acid groups (broad SMARTS) is 1. The van der Waals surface area contributed by atoms with Gasteiger partial charge in [-0.25, -0.2) is 4.39 Å². The number of carbonyl (C=O) groups excluding carboxylic acids is 1. The first-order chi connectivity index (χ1) is 12.6. The van der Waals surface area contributed by atoms with Gasteiger partial charge in [-0.15, -0.1) is 0 Å². The molecule has 0 saturated heterocycles. The van der Waals surface area contributed by atoms with Crippen LogP contribution in [0.5, 0.6) is 0 Å². The number of rotatable bonds is 3. The monoisotopic (exact) mass is 398 g/mol. The van der Waals surface area contributed by atoms with E-state index in [2.05, 4.69) is 4.99 Å². The third-order valence-corrected chi connectivity index (χ3v) is 4.63. The van der Waals surface area contributed by atoms with Crippen molar-refractivity contribution in [1.29, 1.82) is 0 Å². The van der Waals surface area contributed by atoms with Gasteiger partial charge in [-0.1, -0.05) is 17.4 Å². The molecule has 27 heavy (non-hydrogen) atoms. The first-order valence-corrected chi connectivity index (χ1v) is 8.24. The van der Waals surface area contributed by atoms with E-state index in [1.54, 1.807) is 0 Å². The molecule has 0 aliphatic carbocycles. The van der Waals surface area contributed by atoms with Crippen LogP contribution in [0.4, 0.5) is 17.6 Å². The maximum atomic E-state index is 13.5. The largest absolute Gasteiger partial charge is 0.480 e. The highest BCUT2D eigenvalue weighted by Gasteiger charge is 2.30. The molecular formula is C17H10F4N2O3S. The fraction of sp³-hybridized carbons (Fsp3) is 0.118. The number of amides is 1. The Morgan fingerprint density at radius 3 is 2.56 bits per heavy atom. The van der Waals surface area contributed by atoms with E-state index in [4.69, 9.17) is 5.11 Å². The molecule has 1 heterocycles. The molecule has 1 aromatic heterocycles.